The van der Waals surface area contributed by atoms with Crippen LogP contribution in [0.15, 0.2) is 72.9 Å². The fraction of sp³-hybridized carbons (Fsp3) is 0.762. The molecule has 0 amide bonds. The van der Waals surface area contributed by atoms with Gasteiger partial charge in [0, 0.05) is 19.3 Å². The second kappa shape index (κ2) is 57.4. The molecule has 0 N–H and O–H groups in total. The van der Waals surface area contributed by atoms with E-state index in [0.29, 0.717) is 19.3 Å². The maximum absolute atomic E-state index is 12.9. The van der Waals surface area contributed by atoms with Gasteiger partial charge in [0.25, 0.3) is 0 Å². The Morgan fingerprint density at radius 2 is 0.580 bits per heavy atom. The Morgan fingerprint density at radius 3 is 0.957 bits per heavy atom. The molecule has 1 atom stereocenters. The van der Waals surface area contributed by atoms with E-state index in [1.807, 2.05) is 0 Å². The molecule has 0 radical (unpaired) electrons. The van der Waals surface area contributed by atoms with E-state index in [0.717, 1.165) is 77.0 Å². The highest BCUT2D eigenvalue weighted by atomic mass is 16.6. The molecular formula is C63H110O6. The Hall–Kier alpha value is -3.15. The highest BCUT2D eigenvalue weighted by Gasteiger charge is 2.19. The van der Waals surface area contributed by atoms with Gasteiger partial charge in [-0.05, 0) is 83.5 Å². The minimum Gasteiger partial charge on any atom is -0.462 e. The fourth-order valence-electron chi connectivity index (χ4n) is 8.30. The van der Waals surface area contributed by atoms with Crippen molar-refractivity contribution in [2.45, 2.75) is 297 Å². The first kappa shape index (κ1) is 65.8. The van der Waals surface area contributed by atoms with Crippen LogP contribution in [0.1, 0.15) is 290 Å². The van der Waals surface area contributed by atoms with Crippen LogP contribution in [0.25, 0.3) is 0 Å². The van der Waals surface area contributed by atoms with E-state index in [9.17, 15) is 14.4 Å². The molecule has 0 rings (SSSR count). The molecule has 0 saturated carbocycles. The molecule has 0 fully saturated rings. The molecule has 398 valence electrons. The number of rotatable bonds is 53. The molecule has 0 aliphatic rings. The summed E-state index contributed by atoms with van der Waals surface area (Å²) < 4.78 is 16.8. The van der Waals surface area contributed by atoms with Crippen molar-refractivity contribution in [3.8, 4) is 0 Å². The van der Waals surface area contributed by atoms with Crippen molar-refractivity contribution in [2.24, 2.45) is 0 Å². The van der Waals surface area contributed by atoms with Crippen LogP contribution in [0, 0.1) is 0 Å². The molecule has 0 unspecified atom stereocenters. The van der Waals surface area contributed by atoms with Gasteiger partial charge in [0.2, 0.25) is 0 Å². The largest absolute Gasteiger partial charge is 0.462 e. The highest BCUT2D eigenvalue weighted by molar-refractivity contribution is 5.71. The van der Waals surface area contributed by atoms with Crippen molar-refractivity contribution >= 4 is 17.9 Å². The summed E-state index contributed by atoms with van der Waals surface area (Å²) in [7, 11) is 0. The van der Waals surface area contributed by atoms with Crippen molar-refractivity contribution in [1.29, 1.82) is 0 Å². The van der Waals surface area contributed by atoms with Crippen LogP contribution in [0.4, 0.5) is 0 Å². The number of allylic oxidation sites excluding steroid dienone is 12. The number of carbonyl (C=O) groups is 3. The molecule has 0 spiro atoms. The minimum atomic E-state index is -0.799. The minimum absolute atomic E-state index is 0.0922. The molecule has 0 aliphatic carbocycles. The smallest absolute Gasteiger partial charge is 0.306 e. The monoisotopic (exact) mass is 963 g/mol. The second-order valence-corrected chi connectivity index (χ2v) is 19.5. The van der Waals surface area contributed by atoms with E-state index in [4.69, 9.17) is 14.2 Å². The standard InChI is InChI=1S/C63H110O6/c1-4-7-10-13-16-19-22-25-28-31-34-37-40-43-46-49-52-55-61(64)67-58-60(69-63(66)57-54-51-48-45-42-39-36-33-30-27-24-21-18-15-12-9-6-3)59-68-62(65)56-53-50-47-44-41-38-35-32-29-26-23-20-17-14-11-8-5-2/h7,10,16,19,25,27-28,30,34,37,43,46,60H,4-6,8-9,11-15,17-18,20-24,26,29,31-33,35-36,38-42,44-45,47-59H2,1-3H3/b10-7-,19-16-,28-25-,30-27-,37-34-,46-43-/t60-/m0/s1. The zero-order valence-electron chi connectivity index (χ0n) is 45.6. The number of ether oxygens (including phenoxy) is 3. The number of hydrogen-bond acceptors (Lipinski definition) is 6. The maximum atomic E-state index is 12.9. The van der Waals surface area contributed by atoms with Crippen molar-refractivity contribution in [2.75, 3.05) is 13.2 Å². The quantitative estimate of drug-likeness (QED) is 0.0262. The molecule has 0 bridgehead atoms. The van der Waals surface area contributed by atoms with Crippen LogP contribution in [0.2, 0.25) is 0 Å². The molecule has 0 aliphatic heterocycles. The van der Waals surface area contributed by atoms with Gasteiger partial charge in [-0.2, -0.15) is 0 Å². The third-order valence-electron chi connectivity index (χ3n) is 12.7. The van der Waals surface area contributed by atoms with Crippen LogP contribution < -0.4 is 0 Å². The predicted octanol–water partition coefficient (Wildman–Crippen LogP) is 19.8. The molecular weight excluding hydrogens is 853 g/mol. The third-order valence-corrected chi connectivity index (χ3v) is 12.7. The lowest BCUT2D eigenvalue weighted by molar-refractivity contribution is -0.167. The first-order chi connectivity index (χ1) is 34.0. The summed E-state index contributed by atoms with van der Waals surface area (Å²) in [6, 6.07) is 0. The Bertz CT molecular complexity index is 1290. The van der Waals surface area contributed by atoms with Gasteiger partial charge in [0.05, 0.1) is 0 Å². The number of carbonyl (C=O) groups excluding carboxylic acids is 3. The van der Waals surface area contributed by atoms with Crippen molar-refractivity contribution in [3.05, 3.63) is 72.9 Å². The SMILES string of the molecule is CC/C=C\C/C=C\C/C=C\C/C=C\C/C=C\CCCC(=O)OC[C@@H](COC(=O)CCCCCCCCCCCCCCCCCCC)OC(=O)CCCCCCCCC/C=C\CCCCCCCC. The van der Waals surface area contributed by atoms with Crippen LogP contribution >= 0.6 is 0 Å². The van der Waals surface area contributed by atoms with Gasteiger partial charge in [0.1, 0.15) is 13.2 Å². The first-order valence-electron chi connectivity index (χ1n) is 29.4. The van der Waals surface area contributed by atoms with E-state index < -0.39 is 6.10 Å². The molecule has 0 aromatic carbocycles. The number of unbranched alkanes of at least 4 members (excludes halogenated alkanes) is 30. The van der Waals surface area contributed by atoms with E-state index in [1.165, 1.54) is 167 Å². The van der Waals surface area contributed by atoms with Gasteiger partial charge >= 0.3 is 17.9 Å². The Labute approximate surface area is 427 Å². The lowest BCUT2D eigenvalue weighted by atomic mass is 10.0. The molecule has 0 aromatic heterocycles. The summed E-state index contributed by atoms with van der Waals surface area (Å²) in [5.74, 6) is -0.946. The Morgan fingerprint density at radius 1 is 0.304 bits per heavy atom. The summed E-state index contributed by atoms with van der Waals surface area (Å²) in [6.45, 7) is 6.50. The zero-order valence-corrected chi connectivity index (χ0v) is 45.6. The van der Waals surface area contributed by atoms with Gasteiger partial charge in [-0.3, -0.25) is 14.4 Å². The summed E-state index contributed by atoms with van der Waals surface area (Å²) in [5.41, 5.74) is 0. The summed E-state index contributed by atoms with van der Waals surface area (Å²) in [6.07, 6.45) is 73.3. The maximum Gasteiger partial charge on any atom is 0.306 e. The highest BCUT2D eigenvalue weighted by Crippen LogP contribution is 2.16. The van der Waals surface area contributed by atoms with Crippen molar-refractivity contribution < 1.29 is 28.6 Å². The van der Waals surface area contributed by atoms with Gasteiger partial charge in [0.15, 0.2) is 6.10 Å². The second-order valence-electron chi connectivity index (χ2n) is 19.5. The fourth-order valence-corrected chi connectivity index (χ4v) is 8.30. The average Bonchev–Trinajstić information content (AvgIpc) is 3.35. The van der Waals surface area contributed by atoms with Gasteiger partial charge in [-0.15, -0.1) is 0 Å². The first-order valence-corrected chi connectivity index (χ1v) is 29.4. The summed E-state index contributed by atoms with van der Waals surface area (Å²) in [4.78, 5) is 38.2. The summed E-state index contributed by atoms with van der Waals surface area (Å²) >= 11 is 0. The molecule has 6 nitrogen and oxygen atoms in total. The third kappa shape index (κ3) is 55.6. The Balaban J connectivity index is 4.45. The summed E-state index contributed by atoms with van der Waals surface area (Å²) in [5, 5.41) is 0. The van der Waals surface area contributed by atoms with E-state index in [-0.39, 0.29) is 37.5 Å². The normalized spacial score (nSPS) is 12.6. The van der Waals surface area contributed by atoms with E-state index in [1.54, 1.807) is 0 Å². The average molecular weight is 964 g/mol. The van der Waals surface area contributed by atoms with Gasteiger partial charge in [-0.1, -0.05) is 261 Å². The zero-order chi connectivity index (χ0) is 50.0. The van der Waals surface area contributed by atoms with Gasteiger partial charge in [-0.25, -0.2) is 0 Å². The van der Waals surface area contributed by atoms with Crippen molar-refractivity contribution in [1.82, 2.24) is 0 Å². The molecule has 0 heterocycles. The topological polar surface area (TPSA) is 78.9 Å². The molecule has 69 heavy (non-hydrogen) atoms. The van der Waals surface area contributed by atoms with Crippen LogP contribution in [-0.2, 0) is 28.6 Å². The molecule has 6 heteroatoms. The molecule has 0 aromatic rings. The number of esters is 3. The van der Waals surface area contributed by atoms with Crippen LogP contribution in [0.5, 0.6) is 0 Å². The van der Waals surface area contributed by atoms with E-state index in [2.05, 4.69) is 93.7 Å². The lowest BCUT2D eigenvalue weighted by Crippen LogP contribution is -2.30. The van der Waals surface area contributed by atoms with Crippen LogP contribution in [0.3, 0.4) is 0 Å². The van der Waals surface area contributed by atoms with Crippen LogP contribution in [-0.4, -0.2) is 37.2 Å². The van der Waals surface area contributed by atoms with Gasteiger partial charge < -0.3 is 14.2 Å². The number of hydrogen-bond donors (Lipinski definition) is 0. The molecule has 0 saturated heterocycles. The lowest BCUT2D eigenvalue weighted by Gasteiger charge is -2.18. The Kier molecular flexibility index (Phi) is 54.8. The van der Waals surface area contributed by atoms with Crippen molar-refractivity contribution in [3.63, 3.8) is 0 Å². The predicted molar refractivity (Wildman–Crippen MR) is 298 cm³/mol. The van der Waals surface area contributed by atoms with E-state index >= 15 is 0 Å².